The first kappa shape index (κ1) is 17.2. The van der Waals surface area contributed by atoms with E-state index in [9.17, 15) is 4.79 Å². The average molecular weight is 340 g/mol. The van der Waals surface area contributed by atoms with Gasteiger partial charge in [0.15, 0.2) is 12.4 Å². The van der Waals surface area contributed by atoms with E-state index in [1.165, 1.54) is 5.56 Å². The van der Waals surface area contributed by atoms with Crippen molar-refractivity contribution in [2.75, 3.05) is 37.7 Å². The zero-order chi connectivity index (χ0) is 17.8. The first-order valence-corrected chi connectivity index (χ1v) is 8.56. The molecule has 1 aromatic carbocycles. The molecule has 2 aromatic rings. The number of nitrogens with zero attached hydrogens (tertiary/aromatic N) is 4. The smallest absolute Gasteiger partial charge is 0.260 e. The van der Waals surface area contributed by atoms with Crippen LogP contribution in [0.1, 0.15) is 16.8 Å². The second-order valence-electron chi connectivity index (χ2n) is 6.44. The molecule has 0 unspecified atom stereocenters. The lowest BCUT2D eigenvalue weighted by Gasteiger charge is -2.35. The Morgan fingerprint density at radius 1 is 1.00 bits per heavy atom. The quantitative estimate of drug-likeness (QED) is 0.853. The molecule has 6 heteroatoms. The molecule has 1 fully saturated rings. The molecule has 3 rings (SSSR count). The van der Waals surface area contributed by atoms with Crippen molar-refractivity contribution < 1.29 is 9.53 Å². The van der Waals surface area contributed by atoms with Gasteiger partial charge in [0.25, 0.3) is 5.91 Å². The monoisotopic (exact) mass is 340 g/mol. The van der Waals surface area contributed by atoms with Gasteiger partial charge in [-0.3, -0.25) is 4.79 Å². The van der Waals surface area contributed by atoms with Crippen LogP contribution in [0, 0.1) is 20.8 Å². The predicted octanol–water partition coefficient (Wildman–Crippen LogP) is 2.13. The molecule has 0 saturated carbocycles. The standard InChI is InChI=1S/C19H24N4O2/c1-14-4-6-17(12-15(14)2)25-13-19(24)23-10-8-22(9-11-23)18-7-5-16(3)20-21-18/h4-7,12H,8-11,13H2,1-3H3. The van der Waals surface area contributed by atoms with Crippen molar-refractivity contribution >= 4 is 11.7 Å². The second kappa shape index (κ2) is 7.51. The minimum Gasteiger partial charge on any atom is -0.484 e. The molecule has 0 aliphatic carbocycles. The van der Waals surface area contributed by atoms with Crippen LogP contribution in [0.2, 0.25) is 0 Å². The predicted molar refractivity (Wildman–Crippen MR) is 97.0 cm³/mol. The molecule has 0 radical (unpaired) electrons. The summed E-state index contributed by atoms with van der Waals surface area (Å²) in [5.41, 5.74) is 3.29. The number of rotatable bonds is 4. The summed E-state index contributed by atoms with van der Waals surface area (Å²) in [6.07, 6.45) is 0. The van der Waals surface area contributed by atoms with E-state index in [4.69, 9.17) is 4.74 Å². The number of amides is 1. The lowest BCUT2D eigenvalue weighted by atomic mass is 10.1. The Bertz CT molecular complexity index is 738. The molecule has 1 aromatic heterocycles. The molecule has 0 N–H and O–H groups in total. The summed E-state index contributed by atoms with van der Waals surface area (Å²) in [5, 5.41) is 8.30. The van der Waals surface area contributed by atoms with E-state index < -0.39 is 0 Å². The molecule has 1 saturated heterocycles. The second-order valence-corrected chi connectivity index (χ2v) is 6.44. The van der Waals surface area contributed by atoms with Gasteiger partial charge in [0, 0.05) is 26.2 Å². The van der Waals surface area contributed by atoms with Crippen LogP contribution in [-0.2, 0) is 4.79 Å². The Morgan fingerprint density at radius 3 is 2.40 bits per heavy atom. The van der Waals surface area contributed by atoms with Crippen LogP contribution in [-0.4, -0.2) is 53.8 Å². The lowest BCUT2D eigenvalue weighted by Crippen LogP contribution is -2.50. The minimum absolute atomic E-state index is 0.0212. The number of carbonyl (C=O) groups excluding carboxylic acids is 1. The molecular formula is C19H24N4O2. The normalized spacial score (nSPS) is 14.5. The molecule has 132 valence electrons. The van der Waals surface area contributed by atoms with Crippen LogP contribution in [0.3, 0.4) is 0 Å². The summed E-state index contributed by atoms with van der Waals surface area (Å²) in [5.74, 6) is 1.63. The van der Waals surface area contributed by atoms with E-state index in [1.54, 1.807) is 0 Å². The number of hydrogen-bond donors (Lipinski definition) is 0. The topological polar surface area (TPSA) is 58.6 Å². The van der Waals surface area contributed by atoms with Gasteiger partial charge in [-0.15, -0.1) is 5.10 Å². The fraction of sp³-hybridized carbons (Fsp3) is 0.421. The Hall–Kier alpha value is -2.63. The highest BCUT2D eigenvalue weighted by Gasteiger charge is 2.22. The number of carbonyl (C=O) groups is 1. The Balaban J connectivity index is 1.49. The number of benzene rings is 1. The summed E-state index contributed by atoms with van der Waals surface area (Å²) in [6.45, 7) is 8.95. The zero-order valence-electron chi connectivity index (χ0n) is 15.0. The van der Waals surface area contributed by atoms with Crippen molar-refractivity contribution in [1.29, 1.82) is 0 Å². The van der Waals surface area contributed by atoms with Gasteiger partial charge >= 0.3 is 0 Å². The van der Waals surface area contributed by atoms with E-state index in [1.807, 2.05) is 49.1 Å². The molecule has 1 aliphatic rings. The maximum absolute atomic E-state index is 12.4. The first-order chi connectivity index (χ1) is 12.0. The van der Waals surface area contributed by atoms with Gasteiger partial charge in [0.1, 0.15) is 5.75 Å². The Morgan fingerprint density at radius 2 is 1.76 bits per heavy atom. The van der Waals surface area contributed by atoms with Gasteiger partial charge in [-0.05, 0) is 56.2 Å². The number of aryl methyl sites for hydroxylation is 3. The van der Waals surface area contributed by atoms with Crippen molar-refractivity contribution in [2.24, 2.45) is 0 Å². The molecule has 0 atom stereocenters. The van der Waals surface area contributed by atoms with Crippen LogP contribution >= 0.6 is 0 Å². The van der Waals surface area contributed by atoms with Crippen LogP contribution < -0.4 is 9.64 Å². The SMILES string of the molecule is Cc1ccc(N2CCN(C(=O)COc3ccc(C)c(C)c3)CC2)nn1. The number of piperazine rings is 1. The Labute approximate surface area is 148 Å². The fourth-order valence-corrected chi connectivity index (χ4v) is 2.79. The third-order valence-electron chi connectivity index (χ3n) is 4.58. The van der Waals surface area contributed by atoms with Gasteiger partial charge in [0.05, 0.1) is 5.69 Å². The summed E-state index contributed by atoms with van der Waals surface area (Å²) in [4.78, 5) is 16.4. The van der Waals surface area contributed by atoms with Crippen molar-refractivity contribution in [3.05, 3.63) is 47.2 Å². The highest BCUT2D eigenvalue weighted by Crippen LogP contribution is 2.17. The summed E-state index contributed by atoms with van der Waals surface area (Å²) in [6, 6.07) is 9.82. The molecule has 25 heavy (non-hydrogen) atoms. The van der Waals surface area contributed by atoms with Crippen molar-refractivity contribution in [3.63, 3.8) is 0 Å². The Kier molecular flexibility index (Phi) is 5.16. The fourth-order valence-electron chi connectivity index (χ4n) is 2.79. The van der Waals surface area contributed by atoms with Gasteiger partial charge in [-0.2, -0.15) is 5.10 Å². The molecular weight excluding hydrogens is 316 g/mol. The molecule has 0 spiro atoms. The summed E-state index contributed by atoms with van der Waals surface area (Å²) in [7, 11) is 0. The van der Waals surface area contributed by atoms with E-state index in [0.717, 1.165) is 35.9 Å². The first-order valence-electron chi connectivity index (χ1n) is 8.56. The average Bonchev–Trinajstić information content (AvgIpc) is 2.63. The van der Waals surface area contributed by atoms with Crippen molar-refractivity contribution in [2.45, 2.75) is 20.8 Å². The summed E-state index contributed by atoms with van der Waals surface area (Å²) >= 11 is 0. The van der Waals surface area contributed by atoms with Crippen LogP contribution in [0.5, 0.6) is 5.75 Å². The number of anilines is 1. The molecule has 1 amide bonds. The van der Waals surface area contributed by atoms with Crippen LogP contribution in [0.15, 0.2) is 30.3 Å². The van der Waals surface area contributed by atoms with Crippen LogP contribution in [0.4, 0.5) is 5.82 Å². The summed E-state index contributed by atoms with van der Waals surface area (Å²) < 4.78 is 5.65. The van der Waals surface area contributed by atoms with Crippen LogP contribution in [0.25, 0.3) is 0 Å². The lowest BCUT2D eigenvalue weighted by molar-refractivity contribution is -0.133. The van der Waals surface area contributed by atoms with Gasteiger partial charge in [0.2, 0.25) is 0 Å². The van der Waals surface area contributed by atoms with E-state index in [2.05, 4.69) is 22.0 Å². The maximum atomic E-state index is 12.4. The maximum Gasteiger partial charge on any atom is 0.260 e. The van der Waals surface area contributed by atoms with Gasteiger partial charge in [-0.1, -0.05) is 6.07 Å². The zero-order valence-corrected chi connectivity index (χ0v) is 15.0. The molecule has 1 aliphatic heterocycles. The number of hydrogen-bond acceptors (Lipinski definition) is 5. The number of aromatic nitrogens is 2. The van der Waals surface area contributed by atoms with E-state index in [0.29, 0.717) is 13.1 Å². The minimum atomic E-state index is 0.0212. The molecule has 6 nitrogen and oxygen atoms in total. The van der Waals surface area contributed by atoms with Gasteiger partial charge < -0.3 is 14.5 Å². The largest absolute Gasteiger partial charge is 0.484 e. The van der Waals surface area contributed by atoms with Gasteiger partial charge in [-0.25, -0.2) is 0 Å². The highest BCUT2D eigenvalue weighted by atomic mass is 16.5. The third-order valence-corrected chi connectivity index (χ3v) is 4.58. The van der Waals surface area contributed by atoms with Crippen molar-refractivity contribution in [1.82, 2.24) is 15.1 Å². The third kappa shape index (κ3) is 4.26. The molecule has 2 heterocycles. The highest BCUT2D eigenvalue weighted by molar-refractivity contribution is 5.78. The number of ether oxygens (including phenoxy) is 1. The molecule has 0 bridgehead atoms. The van der Waals surface area contributed by atoms with Crippen molar-refractivity contribution in [3.8, 4) is 5.75 Å². The van der Waals surface area contributed by atoms with E-state index in [-0.39, 0.29) is 12.5 Å². The van der Waals surface area contributed by atoms with E-state index >= 15 is 0 Å².